The van der Waals surface area contributed by atoms with E-state index in [4.69, 9.17) is 4.74 Å². The van der Waals surface area contributed by atoms with E-state index in [1.165, 1.54) is 6.07 Å². The van der Waals surface area contributed by atoms with Gasteiger partial charge in [-0.25, -0.2) is 4.39 Å². The summed E-state index contributed by atoms with van der Waals surface area (Å²) in [6.07, 6.45) is -4.87. The predicted octanol–water partition coefficient (Wildman–Crippen LogP) is 3.69. The van der Waals surface area contributed by atoms with E-state index in [2.05, 4.69) is 20.8 Å². The molecule has 3 aromatic rings. The highest BCUT2D eigenvalue weighted by molar-refractivity contribution is 6.04. The molecule has 0 bridgehead atoms. The van der Waals surface area contributed by atoms with Gasteiger partial charge in [0.25, 0.3) is 5.91 Å². The van der Waals surface area contributed by atoms with Crippen molar-refractivity contribution in [2.24, 2.45) is 0 Å². The number of carbonyl (C=O) groups excluding carboxylic acids is 2. The summed E-state index contributed by atoms with van der Waals surface area (Å²) in [7, 11) is 1.55. The number of anilines is 1. The fourth-order valence-corrected chi connectivity index (χ4v) is 2.77. The normalized spacial score (nSPS) is 11.2. The molecule has 0 aliphatic rings. The first-order valence-corrected chi connectivity index (χ1v) is 9.27. The molecular weight excluding hydrogens is 432 g/mol. The van der Waals surface area contributed by atoms with Gasteiger partial charge in [-0.15, -0.1) is 0 Å². The molecule has 32 heavy (non-hydrogen) atoms. The van der Waals surface area contributed by atoms with E-state index < -0.39 is 29.0 Å². The lowest BCUT2D eigenvalue weighted by Crippen LogP contribution is -2.24. The Hall–Kier alpha value is -3.89. The minimum absolute atomic E-state index is 0.0224. The van der Waals surface area contributed by atoms with Crippen molar-refractivity contribution in [3.63, 3.8) is 0 Å². The van der Waals surface area contributed by atoms with Gasteiger partial charge < -0.3 is 15.4 Å². The van der Waals surface area contributed by atoms with E-state index in [1.54, 1.807) is 31.4 Å². The minimum Gasteiger partial charge on any atom is -0.497 e. The average Bonchev–Trinajstić information content (AvgIpc) is 3.18. The highest BCUT2D eigenvalue weighted by Crippen LogP contribution is 2.30. The summed E-state index contributed by atoms with van der Waals surface area (Å²) in [5.41, 5.74) is -0.564. The van der Waals surface area contributed by atoms with Crippen LogP contribution in [0.4, 0.5) is 23.4 Å². The molecule has 1 heterocycles. The van der Waals surface area contributed by atoms with E-state index in [0.717, 1.165) is 5.56 Å². The number of nitrogens with one attached hydrogen (secondary N) is 3. The van der Waals surface area contributed by atoms with Crippen LogP contribution in [0.15, 0.2) is 48.5 Å². The molecule has 0 atom stereocenters. The van der Waals surface area contributed by atoms with Crippen LogP contribution in [0.3, 0.4) is 0 Å². The minimum atomic E-state index is -4.80. The number of halogens is 4. The quantitative estimate of drug-likeness (QED) is 0.479. The van der Waals surface area contributed by atoms with Gasteiger partial charge in [0.2, 0.25) is 5.91 Å². The maximum absolute atomic E-state index is 13.5. The molecule has 11 heteroatoms. The number of H-pyrrole nitrogens is 1. The maximum Gasteiger partial charge on any atom is 0.416 e. The van der Waals surface area contributed by atoms with Crippen LogP contribution in [0.1, 0.15) is 27.2 Å². The molecule has 3 rings (SSSR count). The Labute approximate surface area is 179 Å². The van der Waals surface area contributed by atoms with Gasteiger partial charge in [-0.05, 0) is 35.9 Å². The summed E-state index contributed by atoms with van der Waals surface area (Å²) in [4.78, 5) is 24.3. The fourth-order valence-electron chi connectivity index (χ4n) is 2.77. The number of hydrogen-bond acceptors (Lipinski definition) is 4. The molecule has 0 saturated carbocycles. The molecule has 2 amide bonds. The van der Waals surface area contributed by atoms with Gasteiger partial charge >= 0.3 is 6.18 Å². The van der Waals surface area contributed by atoms with Crippen LogP contribution < -0.4 is 15.4 Å². The van der Waals surface area contributed by atoms with Crippen LogP contribution in [0.25, 0.3) is 0 Å². The molecule has 168 valence electrons. The number of benzene rings is 2. The number of methoxy groups -OCH3 is 1. The molecule has 3 N–H and O–H groups in total. The fraction of sp³-hybridized carbons (Fsp3) is 0.190. The second-order valence-corrected chi connectivity index (χ2v) is 6.76. The van der Waals surface area contributed by atoms with Crippen LogP contribution >= 0.6 is 0 Å². The molecule has 7 nitrogen and oxygen atoms in total. The SMILES string of the molecule is COc1ccc(CNC(=O)Cc2cc(NC(=O)c3cc(F)cc(C(F)(F)F)c3)n[nH]2)cc1. The summed E-state index contributed by atoms with van der Waals surface area (Å²) in [6, 6.07) is 10.0. The number of rotatable bonds is 7. The lowest BCUT2D eigenvalue weighted by atomic mass is 10.1. The van der Waals surface area contributed by atoms with Crippen molar-refractivity contribution < 1.29 is 31.9 Å². The molecule has 0 aliphatic carbocycles. The van der Waals surface area contributed by atoms with Gasteiger partial charge in [-0.1, -0.05) is 12.1 Å². The molecule has 0 radical (unpaired) electrons. The summed E-state index contributed by atoms with van der Waals surface area (Å²) >= 11 is 0. The zero-order valence-electron chi connectivity index (χ0n) is 16.7. The highest BCUT2D eigenvalue weighted by atomic mass is 19.4. The summed E-state index contributed by atoms with van der Waals surface area (Å²) in [5.74, 6) is -1.81. The van der Waals surface area contributed by atoms with Gasteiger partial charge in [0.05, 0.1) is 19.1 Å². The lowest BCUT2D eigenvalue weighted by molar-refractivity contribution is -0.137. The van der Waals surface area contributed by atoms with Crippen molar-refractivity contribution in [2.75, 3.05) is 12.4 Å². The summed E-state index contributed by atoms with van der Waals surface area (Å²) in [6.45, 7) is 0.293. The van der Waals surface area contributed by atoms with Crippen molar-refractivity contribution in [3.05, 3.63) is 76.7 Å². The van der Waals surface area contributed by atoms with Crippen molar-refractivity contribution in [2.45, 2.75) is 19.1 Å². The summed E-state index contributed by atoms with van der Waals surface area (Å²) in [5, 5.41) is 11.3. The number of hydrogen-bond donors (Lipinski definition) is 3. The predicted molar refractivity (Wildman–Crippen MR) is 106 cm³/mol. The first kappa shape index (κ1) is 22.8. The number of amides is 2. The van der Waals surface area contributed by atoms with E-state index in [0.29, 0.717) is 36.2 Å². The van der Waals surface area contributed by atoms with Crippen LogP contribution in [-0.2, 0) is 23.9 Å². The number of nitrogens with zero attached hydrogens (tertiary/aromatic N) is 1. The van der Waals surface area contributed by atoms with Crippen molar-refractivity contribution in [3.8, 4) is 5.75 Å². The van der Waals surface area contributed by atoms with Crippen LogP contribution in [-0.4, -0.2) is 29.1 Å². The second-order valence-electron chi connectivity index (χ2n) is 6.76. The van der Waals surface area contributed by atoms with Crippen molar-refractivity contribution >= 4 is 17.6 Å². The number of aromatic amines is 1. The van der Waals surface area contributed by atoms with Gasteiger partial charge in [-0.2, -0.15) is 18.3 Å². The van der Waals surface area contributed by atoms with E-state index >= 15 is 0 Å². The second kappa shape index (κ2) is 9.50. The molecule has 2 aromatic carbocycles. The van der Waals surface area contributed by atoms with E-state index in [-0.39, 0.29) is 18.1 Å². The first-order valence-electron chi connectivity index (χ1n) is 9.27. The third-order valence-corrected chi connectivity index (χ3v) is 4.36. The largest absolute Gasteiger partial charge is 0.497 e. The molecule has 0 saturated heterocycles. The van der Waals surface area contributed by atoms with E-state index in [1.807, 2.05) is 0 Å². The molecular formula is C21H18F4N4O3. The van der Waals surface area contributed by atoms with Crippen molar-refractivity contribution in [1.82, 2.24) is 15.5 Å². The van der Waals surface area contributed by atoms with Crippen LogP contribution in [0, 0.1) is 5.82 Å². The lowest BCUT2D eigenvalue weighted by Gasteiger charge is -2.09. The Bertz CT molecular complexity index is 1110. The van der Waals surface area contributed by atoms with Gasteiger partial charge in [0.15, 0.2) is 5.82 Å². The van der Waals surface area contributed by atoms with Crippen molar-refractivity contribution in [1.29, 1.82) is 0 Å². The number of aromatic nitrogens is 2. The Morgan fingerprint density at radius 1 is 1.09 bits per heavy atom. The topological polar surface area (TPSA) is 96.1 Å². The van der Waals surface area contributed by atoms with Gasteiger partial charge in [0.1, 0.15) is 11.6 Å². The number of ether oxygens (including phenoxy) is 1. The third-order valence-electron chi connectivity index (χ3n) is 4.36. The Balaban J connectivity index is 1.56. The Morgan fingerprint density at radius 3 is 2.47 bits per heavy atom. The molecule has 1 aromatic heterocycles. The monoisotopic (exact) mass is 450 g/mol. The Morgan fingerprint density at radius 2 is 1.81 bits per heavy atom. The first-order chi connectivity index (χ1) is 15.1. The zero-order chi connectivity index (χ0) is 23.3. The summed E-state index contributed by atoms with van der Waals surface area (Å²) < 4.78 is 57.0. The standard InChI is InChI=1S/C21H18F4N4O3/c1-32-17-4-2-12(3-5-17)11-26-19(30)10-16-9-18(29-28-16)27-20(31)13-6-14(21(23,24)25)8-15(22)7-13/h2-9H,10-11H2,1H3,(H,26,30)(H2,27,28,29,31). The van der Waals surface area contributed by atoms with Gasteiger partial charge in [-0.3, -0.25) is 14.7 Å². The number of carbonyl (C=O) groups is 2. The van der Waals surface area contributed by atoms with E-state index in [9.17, 15) is 27.2 Å². The Kier molecular flexibility index (Phi) is 6.76. The van der Waals surface area contributed by atoms with Crippen LogP contribution in [0.2, 0.25) is 0 Å². The average molecular weight is 450 g/mol. The molecule has 0 aliphatic heterocycles. The maximum atomic E-state index is 13.5. The molecule has 0 unspecified atom stereocenters. The molecule has 0 spiro atoms. The molecule has 0 fully saturated rings. The number of alkyl halides is 3. The van der Waals surface area contributed by atoms with Gasteiger partial charge in [0, 0.05) is 23.9 Å². The highest BCUT2D eigenvalue weighted by Gasteiger charge is 2.32. The smallest absolute Gasteiger partial charge is 0.416 e. The van der Waals surface area contributed by atoms with Crippen LogP contribution in [0.5, 0.6) is 5.75 Å². The third kappa shape index (κ3) is 6.06. The zero-order valence-corrected chi connectivity index (χ0v) is 16.7.